The molecule has 7 heteroatoms. The summed E-state index contributed by atoms with van der Waals surface area (Å²) in [5, 5.41) is 12.0. The third-order valence-corrected chi connectivity index (χ3v) is 4.22. The molecule has 0 fully saturated rings. The predicted molar refractivity (Wildman–Crippen MR) is 93.6 cm³/mol. The normalized spacial score (nSPS) is 10.8. The van der Waals surface area contributed by atoms with Crippen LogP contribution in [-0.4, -0.2) is 25.5 Å². The van der Waals surface area contributed by atoms with Crippen LogP contribution in [0.3, 0.4) is 0 Å². The molecule has 0 bridgehead atoms. The first kappa shape index (κ1) is 16.3. The Labute approximate surface area is 145 Å². The molecule has 0 saturated carbocycles. The fraction of sp³-hybridized carbons (Fsp3) is 0.235. The fourth-order valence-corrected chi connectivity index (χ4v) is 2.82. The van der Waals surface area contributed by atoms with E-state index in [-0.39, 0.29) is 12.3 Å². The van der Waals surface area contributed by atoms with Crippen LogP contribution >= 0.6 is 11.6 Å². The van der Waals surface area contributed by atoms with Gasteiger partial charge >= 0.3 is 0 Å². The number of benzene rings is 1. The number of aryl methyl sites for hydroxylation is 2. The molecule has 0 radical (unpaired) electrons. The van der Waals surface area contributed by atoms with Crippen molar-refractivity contribution >= 4 is 23.2 Å². The minimum atomic E-state index is -0.120. The molecule has 2 heterocycles. The number of nitrogens with zero attached hydrogens (tertiary/aromatic N) is 4. The van der Waals surface area contributed by atoms with Crippen LogP contribution in [0.2, 0.25) is 5.02 Å². The maximum Gasteiger partial charge on any atom is 0.228 e. The number of nitrogens with one attached hydrogen (secondary N) is 1. The molecule has 0 unspecified atom stereocenters. The Kier molecular flexibility index (Phi) is 4.40. The molecule has 0 aliphatic rings. The summed E-state index contributed by atoms with van der Waals surface area (Å²) in [5.74, 6) is -0.120. The van der Waals surface area contributed by atoms with Gasteiger partial charge in [-0.05, 0) is 38.1 Å². The summed E-state index contributed by atoms with van der Waals surface area (Å²) in [5.41, 5.74) is 4.18. The van der Waals surface area contributed by atoms with E-state index in [1.54, 1.807) is 27.7 Å². The Morgan fingerprint density at radius 1 is 1.33 bits per heavy atom. The van der Waals surface area contributed by atoms with E-state index < -0.39 is 0 Å². The summed E-state index contributed by atoms with van der Waals surface area (Å²) in [6, 6.07) is 7.14. The Hall–Kier alpha value is -2.60. The third-order valence-electron chi connectivity index (χ3n) is 3.98. The standard InChI is InChI=1S/C17H18ClN5O/c1-11-14(12(2)22(3)21-11)10-17(24)20-15-9-13(18)5-6-16(15)23-8-4-7-19-23/h4-9H,10H2,1-3H3,(H,20,24). The lowest BCUT2D eigenvalue weighted by Gasteiger charge is -2.12. The zero-order valence-electron chi connectivity index (χ0n) is 13.7. The highest BCUT2D eigenvalue weighted by Gasteiger charge is 2.15. The van der Waals surface area contributed by atoms with Gasteiger partial charge in [0.1, 0.15) is 0 Å². The van der Waals surface area contributed by atoms with E-state index in [4.69, 9.17) is 11.6 Å². The number of carbonyl (C=O) groups excluding carboxylic acids is 1. The number of aromatic nitrogens is 4. The van der Waals surface area contributed by atoms with E-state index in [1.165, 1.54) is 0 Å². The van der Waals surface area contributed by atoms with E-state index >= 15 is 0 Å². The molecule has 3 aromatic rings. The average Bonchev–Trinajstić information content (AvgIpc) is 3.12. The number of halogens is 1. The van der Waals surface area contributed by atoms with Crippen molar-refractivity contribution in [2.75, 3.05) is 5.32 Å². The number of hydrogen-bond donors (Lipinski definition) is 1. The Morgan fingerprint density at radius 3 is 2.75 bits per heavy atom. The first-order chi connectivity index (χ1) is 11.5. The Balaban J connectivity index is 1.86. The van der Waals surface area contributed by atoms with Crippen LogP contribution in [0.1, 0.15) is 17.0 Å². The maximum atomic E-state index is 12.5. The van der Waals surface area contributed by atoms with Gasteiger partial charge in [0.2, 0.25) is 5.91 Å². The summed E-state index contributed by atoms with van der Waals surface area (Å²) < 4.78 is 3.47. The largest absolute Gasteiger partial charge is 0.324 e. The molecule has 0 atom stereocenters. The van der Waals surface area contributed by atoms with Crippen molar-refractivity contribution in [2.45, 2.75) is 20.3 Å². The number of amides is 1. The summed E-state index contributed by atoms with van der Waals surface area (Å²) in [7, 11) is 1.87. The minimum absolute atomic E-state index is 0.120. The van der Waals surface area contributed by atoms with Crippen molar-refractivity contribution in [3.8, 4) is 5.69 Å². The molecule has 0 aliphatic heterocycles. The van der Waals surface area contributed by atoms with Gasteiger partial charge in [-0.25, -0.2) is 4.68 Å². The van der Waals surface area contributed by atoms with Crippen LogP contribution in [0.5, 0.6) is 0 Å². The highest BCUT2D eigenvalue weighted by atomic mass is 35.5. The van der Waals surface area contributed by atoms with E-state index in [1.807, 2.05) is 39.2 Å². The zero-order valence-corrected chi connectivity index (χ0v) is 14.5. The van der Waals surface area contributed by atoms with Crippen molar-refractivity contribution in [3.05, 3.63) is 58.6 Å². The van der Waals surface area contributed by atoms with E-state index in [2.05, 4.69) is 15.5 Å². The number of hydrogen-bond acceptors (Lipinski definition) is 3. The summed E-state index contributed by atoms with van der Waals surface area (Å²) >= 11 is 6.08. The number of rotatable bonds is 4. The topological polar surface area (TPSA) is 64.7 Å². The van der Waals surface area contributed by atoms with Gasteiger partial charge in [0.05, 0.1) is 23.5 Å². The molecule has 1 N–H and O–H groups in total. The lowest BCUT2D eigenvalue weighted by molar-refractivity contribution is -0.115. The van der Waals surface area contributed by atoms with Gasteiger partial charge in [-0.3, -0.25) is 9.48 Å². The van der Waals surface area contributed by atoms with Gasteiger partial charge in [-0.15, -0.1) is 0 Å². The molecule has 0 saturated heterocycles. The smallest absolute Gasteiger partial charge is 0.228 e. The summed E-state index contributed by atoms with van der Waals surface area (Å²) in [4.78, 5) is 12.5. The number of anilines is 1. The van der Waals surface area contributed by atoms with Crippen LogP contribution in [0.4, 0.5) is 5.69 Å². The molecule has 2 aromatic heterocycles. The van der Waals surface area contributed by atoms with Crippen molar-refractivity contribution in [1.29, 1.82) is 0 Å². The zero-order chi connectivity index (χ0) is 17.3. The lowest BCUT2D eigenvalue weighted by Crippen LogP contribution is -2.17. The van der Waals surface area contributed by atoms with Gasteiger partial charge in [-0.1, -0.05) is 11.6 Å². The number of carbonyl (C=O) groups is 1. The average molecular weight is 344 g/mol. The molecule has 124 valence electrons. The molecule has 6 nitrogen and oxygen atoms in total. The van der Waals surface area contributed by atoms with E-state index in [9.17, 15) is 4.79 Å². The van der Waals surface area contributed by atoms with Gasteiger partial charge < -0.3 is 5.32 Å². The molecular formula is C17H18ClN5O. The van der Waals surface area contributed by atoms with Gasteiger partial charge in [-0.2, -0.15) is 10.2 Å². The van der Waals surface area contributed by atoms with Crippen LogP contribution in [-0.2, 0) is 18.3 Å². The molecule has 1 amide bonds. The SMILES string of the molecule is Cc1nn(C)c(C)c1CC(=O)Nc1cc(Cl)ccc1-n1cccn1. The molecule has 24 heavy (non-hydrogen) atoms. The highest BCUT2D eigenvalue weighted by molar-refractivity contribution is 6.31. The maximum absolute atomic E-state index is 12.5. The summed E-state index contributed by atoms with van der Waals surface area (Å²) in [6.45, 7) is 3.86. The summed E-state index contributed by atoms with van der Waals surface area (Å²) in [6.07, 6.45) is 3.76. The minimum Gasteiger partial charge on any atom is -0.324 e. The van der Waals surface area contributed by atoms with E-state index in [0.717, 1.165) is 22.6 Å². The highest BCUT2D eigenvalue weighted by Crippen LogP contribution is 2.24. The monoisotopic (exact) mass is 343 g/mol. The second kappa shape index (κ2) is 6.49. The Bertz CT molecular complexity index is 883. The predicted octanol–water partition coefficient (Wildman–Crippen LogP) is 3.06. The van der Waals surface area contributed by atoms with Crippen LogP contribution < -0.4 is 5.32 Å². The van der Waals surface area contributed by atoms with Gasteiger partial charge in [0.15, 0.2) is 0 Å². The quantitative estimate of drug-likeness (QED) is 0.791. The Morgan fingerprint density at radius 2 is 2.12 bits per heavy atom. The van der Waals surface area contributed by atoms with E-state index in [0.29, 0.717) is 10.7 Å². The third kappa shape index (κ3) is 3.19. The van der Waals surface area contributed by atoms with Gasteiger partial charge in [0.25, 0.3) is 0 Å². The van der Waals surface area contributed by atoms with Gasteiger partial charge in [0, 0.05) is 35.7 Å². The molecule has 0 spiro atoms. The second-order valence-electron chi connectivity index (χ2n) is 5.61. The van der Waals surface area contributed by atoms with Crippen molar-refractivity contribution in [1.82, 2.24) is 19.6 Å². The van der Waals surface area contributed by atoms with Crippen molar-refractivity contribution in [2.24, 2.45) is 7.05 Å². The molecular weight excluding hydrogens is 326 g/mol. The first-order valence-corrected chi connectivity index (χ1v) is 7.92. The first-order valence-electron chi connectivity index (χ1n) is 7.54. The molecule has 0 aliphatic carbocycles. The molecule has 1 aromatic carbocycles. The van der Waals surface area contributed by atoms with Crippen molar-refractivity contribution < 1.29 is 4.79 Å². The van der Waals surface area contributed by atoms with Crippen LogP contribution in [0, 0.1) is 13.8 Å². The second-order valence-corrected chi connectivity index (χ2v) is 6.05. The van der Waals surface area contributed by atoms with Crippen LogP contribution in [0.15, 0.2) is 36.7 Å². The van der Waals surface area contributed by atoms with Crippen molar-refractivity contribution in [3.63, 3.8) is 0 Å². The molecule has 3 rings (SSSR count). The lowest BCUT2D eigenvalue weighted by atomic mass is 10.1. The van der Waals surface area contributed by atoms with Crippen LogP contribution in [0.25, 0.3) is 5.69 Å². The fourth-order valence-electron chi connectivity index (χ4n) is 2.65.